The summed E-state index contributed by atoms with van der Waals surface area (Å²) in [7, 11) is 0. The second-order valence-electron chi connectivity index (χ2n) is 12.9. The summed E-state index contributed by atoms with van der Waals surface area (Å²) in [6, 6.07) is 2.42. The molecule has 0 bridgehead atoms. The summed E-state index contributed by atoms with van der Waals surface area (Å²) in [5.74, 6) is -7.70. The van der Waals surface area contributed by atoms with E-state index in [0.29, 0.717) is 35.1 Å². The third kappa shape index (κ3) is 7.53. The van der Waals surface area contributed by atoms with Crippen molar-refractivity contribution in [1.82, 2.24) is 19.7 Å². The number of nitrogens with two attached hydrogens (primary N) is 1. The first-order valence-electron chi connectivity index (χ1n) is 16.3. The zero-order chi connectivity index (χ0) is 38.2. The molecule has 3 aliphatic heterocycles. The SMILES string of the molecule is Nc1nc(/C(=N/O[C@@H](CC(=O)O)C(=O)O)C(=O)C[C@@H]2C(=O)N3C(C(=O)[O-])=C(C[N+]4(CCn5ncc6cc(O)c(O)cc6c5=O)CCCC4)CS[C@H]23)cs1. The number of phenolic OH excluding ortho intramolecular Hbond substituents is 2. The minimum absolute atomic E-state index is 0.0475. The molecular formula is C32H33N7O12S2. The molecule has 21 heteroatoms. The Labute approximate surface area is 307 Å². The van der Waals surface area contributed by atoms with Crippen LogP contribution in [0.25, 0.3) is 10.8 Å². The van der Waals surface area contributed by atoms with E-state index in [1.807, 2.05) is 0 Å². The van der Waals surface area contributed by atoms with Gasteiger partial charge in [-0.1, -0.05) is 5.16 Å². The number of benzene rings is 1. The molecule has 19 nitrogen and oxygen atoms in total. The molecule has 0 aliphatic carbocycles. The molecule has 53 heavy (non-hydrogen) atoms. The third-order valence-electron chi connectivity index (χ3n) is 9.47. The molecule has 3 atom stereocenters. The fraction of sp³-hybridized carbons (Fsp3) is 0.406. The van der Waals surface area contributed by atoms with Crippen molar-refractivity contribution in [3.63, 3.8) is 0 Å². The van der Waals surface area contributed by atoms with Crippen molar-refractivity contribution in [2.75, 3.05) is 37.7 Å². The number of nitrogen functional groups attached to an aromatic ring is 1. The predicted octanol–water partition coefficient (Wildman–Crippen LogP) is -0.700. The summed E-state index contributed by atoms with van der Waals surface area (Å²) in [6.45, 7) is 2.20. The number of thiazole rings is 1. The second-order valence-corrected chi connectivity index (χ2v) is 14.9. The normalized spacial score (nSPS) is 20.2. The Hall–Kier alpha value is -5.54. The number of amides is 1. The Bertz CT molecular complexity index is 2140. The van der Waals surface area contributed by atoms with Crippen LogP contribution in [0.5, 0.6) is 11.5 Å². The van der Waals surface area contributed by atoms with Crippen LogP contribution in [0.15, 0.2) is 44.9 Å². The van der Waals surface area contributed by atoms with E-state index in [9.17, 15) is 49.2 Å². The third-order valence-corrected chi connectivity index (χ3v) is 11.5. The van der Waals surface area contributed by atoms with Gasteiger partial charge in [-0.25, -0.2) is 14.5 Å². The number of thioether (sulfide) groups is 1. The first-order chi connectivity index (χ1) is 25.2. The van der Waals surface area contributed by atoms with E-state index in [-0.39, 0.29) is 46.5 Å². The maximum Gasteiger partial charge on any atom is 0.348 e. The van der Waals surface area contributed by atoms with Crippen molar-refractivity contribution in [2.45, 2.75) is 43.7 Å². The standard InChI is InChI=1S/C32H33N7O12S2/c33-32-35-19(14-53-32)25(36-51-23(30(47)48)10-24(43)44)22(42)9-18-28(46)38-26(31(49)50)16(13-52-29(18)38)12-39(4-1-2-5-39)6-3-37-27(45)17-8-21(41)20(40)7-15(17)11-34-37/h7-8,11,14,18,23,29H,1-6,9-10,12-13H2,(H6-,33,34,35,36,40,41,42,43,44,45,47,48,49,50)/t18-,23+,29-/m1/s1. The molecule has 5 heterocycles. The average Bonchev–Trinajstić information content (AvgIpc) is 3.75. The van der Waals surface area contributed by atoms with E-state index in [0.717, 1.165) is 29.1 Å². The Kier molecular flexibility index (Phi) is 10.4. The topological polar surface area (TPSA) is 288 Å². The number of fused-ring (bicyclic) bond motifs is 2. The van der Waals surface area contributed by atoms with Crippen LogP contribution >= 0.6 is 23.1 Å². The van der Waals surface area contributed by atoms with Gasteiger partial charge in [-0.05, 0) is 12.1 Å². The number of anilines is 1. The number of hydrogen-bond donors (Lipinski definition) is 5. The first kappa shape index (κ1) is 37.2. The van der Waals surface area contributed by atoms with Gasteiger partial charge in [0.1, 0.15) is 12.2 Å². The van der Waals surface area contributed by atoms with Gasteiger partial charge in [0.15, 0.2) is 28.1 Å². The van der Waals surface area contributed by atoms with Crippen molar-refractivity contribution >= 4 is 74.3 Å². The molecule has 0 spiro atoms. The Morgan fingerprint density at radius 2 is 1.85 bits per heavy atom. The van der Waals surface area contributed by atoms with Crippen LogP contribution in [0.3, 0.4) is 0 Å². The zero-order valence-corrected chi connectivity index (χ0v) is 29.4. The van der Waals surface area contributed by atoms with Crippen LogP contribution < -0.4 is 16.4 Å². The number of carbonyl (C=O) groups excluding carboxylic acids is 3. The lowest BCUT2D eigenvalue weighted by Crippen LogP contribution is -2.64. The van der Waals surface area contributed by atoms with Crippen LogP contribution in [0.2, 0.25) is 0 Å². The summed E-state index contributed by atoms with van der Waals surface area (Å²) in [4.78, 5) is 85.5. The number of carboxylic acids is 3. The molecule has 1 aromatic carbocycles. The highest BCUT2D eigenvalue weighted by atomic mass is 32.2. The van der Waals surface area contributed by atoms with Crippen molar-refractivity contribution < 1.29 is 58.8 Å². The molecule has 1 amide bonds. The smallest absolute Gasteiger partial charge is 0.348 e. The molecule has 2 fully saturated rings. The monoisotopic (exact) mass is 771 g/mol. The van der Waals surface area contributed by atoms with Crippen LogP contribution in [0, 0.1) is 5.92 Å². The van der Waals surface area contributed by atoms with Gasteiger partial charge in [0.05, 0.1) is 67.1 Å². The maximum atomic E-state index is 13.6. The van der Waals surface area contributed by atoms with Crippen LogP contribution in [0.4, 0.5) is 5.13 Å². The Morgan fingerprint density at radius 3 is 2.49 bits per heavy atom. The molecule has 6 rings (SSSR count). The van der Waals surface area contributed by atoms with E-state index >= 15 is 0 Å². The summed E-state index contributed by atoms with van der Waals surface area (Å²) in [5.41, 5.74) is 4.88. The lowest BCUT2D eigenvalue weighted by molar-refractivity contribution is -0.913. The number of quaternary nitrogens is 1. The summed E-state index contributed by atoms with van der Waals surface area (Å²) >= 11 is 2.22. The lowest BCUT2D eigenvalue weighted by atomic mass is 9.89. The van der Waals surface area contributed by atoms with E-state index in [4.69, 9.17) is 15.7 Å². The highest BCUT2D eigenvalue weighted by molar-refractivity contribution is 8.00. The van der Waals surface area contributed by atoms with Crippen molar-refractivity contribution in [1.29, 1.82) is 0 Å². The molecule has 6 N–H and O–H groups in total. The van der Waals surface area contributed by atoms with Gasteiger partial charge in [-0.3, -0.25) is 24.1 Å². The number of aliphatic carboxylic acids is 3. The van der Waals surface area contributed by atoms with E-state index in [1.165, 1.54) is 40.2 Å². The van der Waals surface area contributed by atoms with Crippen LogP contribution in [-0.2, 0) is 35.4 Å². The van der Waals surface area contributed by atoms with Crippen molar-refractivity contribution in [3.8, 4) is 11.5 Å². The highest BCUT2D eigenvalue weighted by Crippen LogP contribution is 2.46. The zero-order valence-electron chi connectivity index (χ0n) is 27.7. The van der Waals surface area contributed by atoms with Gasteiger partial charge in [0, 0.05) is 41.4 Å². The Morgan fingerprint density at radius 1 is 1.13 bits per heavy atom. The number of rotatable bonds is 15. The van der Waals surface area contributed by atoms with Crippen LogP contribution in [0.1, 0.15) is 31.4 Å². The maximum absolute atomic E-state index is 13.6. The van der Waals surface area contributed by atoms with E-state index in [1.54, 1.807) is 0 Å². The number of β-lactam (4-membered cyclic amide) rings is 1. The van der Waals surface area contributed by atoms with Gasteiger partial charge >= 0.3 is 11.9 Å². The highest BCUT2D eigenvalue weighted by Gasteiger charge is 2.53. The number of phenols is 2. The quantitative estimate of drug-likeness (QED) is 0.0420. The number of carboxylic acid groups (broad SMARTS) is 3. The molecule has 0 radical (unpaired) electrons. The Balaban J connectivity index is 1.20. The molecule has 0 unspecified atom stereocenters. The number of carbonyl (C=O) groups is 5. The van der Waals surface area contributed by atoms with Crippen molar-refractivity contribution in [3.05, 3.63) is 51.0 Å². The molecular weight excluding hydrogens is 739 g/mol. The fourth-order valence-corrected chi connectivity index (χ4v) is 8.80. The number of Topliss-reactive ketones (excluding diaryl/α,β-unsaturated/α-hetero) is 1. The molecule has 3 aliphatic rings. The second kappa shape index (κ2) is 14.8. The number of nitrogens with zero attached hydrogens (tertiary/aromatic N) is 6. The summed E-state index contributed by atoms with van der Waals surface area (Å²) < 4.78 is 1.68. The van der Waals surface area contributed by atoms with E-state index in [2.05, 4.69) is 15.2 Å². The number of likely N-dealkylation sites (tertiary alicyclic amines) is 1. The minimum atomic E-state index is -1.92. The average molecular weight is 772 g/mol. The minimum Gasteiger partial charge on any atom is -0.543 e. The molecule has 0 saturated carbocycles. The summed E-state index contributed by atoms with van der Waals surface area (Å²) in [5, 5.41) is 59.7. The molecule has 280 valence electrons. The molecule has 2 saturated heterocycles. The van der Waals surface area contributed by atoms with Crippen LogP contribution in [-0.4, -0.2) is 123 Å². The lowest BCUT2D eigenvalue weighted by Gasteiger charge is -2.51. The molecule has 3 aromatic rings. The molecule has 2 aromatic heterocycles. The number of hydrogen-bond acceptors (Lipinski definition) is 16. The number of oxime groups is 1. The number of aromatic nitrogens is 3. The predicted molar refractivity (Wildman–Crippen MR) is 184 cm³/mol. The first-order valence-corrected chi connectivity index (χ1v) is 18.2. The largest absolute Gasteiger partial charge is 0.543 e. The number of ketones is 1. The van der Waals surface area contributed by atoms with Gasteiger partial charge < -0.3 is 45.4 Å². The fourth-order valence-electron chi connectivity index (χ4n) is 6.85. The summed E-state index contributed by atoms with van der Waals surface area (Å²) in [6.07, 6.45) is -0.228. The van der Waals surface area contributed by atoms with Gasteiger partial charge in [0.2, 0.25) is 12.0 Å². The van der Waals surface area contributed by atoms with Gasteiger partial charge in [-0.2, -0.15) is 5.10 Å². The number of aromatic hydroxyl groups is 2. The van der Waals surface area contributed by atoms with Gasteiger partial charge in [0.25, 0.3) is 5.56 Å². The van der Waals surface area contributed by atoms with Gasteiger partial charge in [-0.15, -0.1) is 23.1 Å². The van der Waals surface area contributed by atoms with Crippen molar-refractivity contribution in [2.24, 2.45) is 11.1 Å². The van der Waals surface area contributed by atoms with E-state index < -0.39 is 76.9 Å².